The Kier molecular flexibility index (Phi) is 6.07. The maximum Gasteiger partial charge on any atom is 0.274 e. The minimum Gasteiger partial charge on any atom is -0.471 e. The number of halogens is 1. The van der Waals surface area contributed by atoms with Crippen LogP contribution in [-0.2, 0) is 13.3 Å². The lowest BCUT2D eigenvalue weighted by molar-refractivity contribution is 0.0620. The molecule has 0 unspecified atom stereocenters. The second kappa shape index (κ2) is 9.07. The Morgan fingerprint density at radius 1 is 1.10 bits per heavy atom. The van der Waals surface area contributed by atoms with Gasteiger partial charge in [0, 0.05) is 56.3 Å². The summed E-state index contributed by atoms with van der Waals surface area (Å²) in [6.07, 6.45) is 5.41. The van der Waals surface area contributed by atoms with Crippen LogP contribution >= 0.6 is 11.6 Å². The molecule has 4 rings (SSSR count). The number of benzene rings is 1. The van der Waals surface area contributed by atoms with Crippen LogP contribution in [0, 0.1) is 0 Å². The van der Waals surface area contributed by atoms with Gasteiger partial charge in [-0.2, -0.15) is 5.10 Å². The number of hydrogen-bond donors (Lipinski definition) is 0. The predicted octanol–water partition coefficient (Wildman–Crippen LogP) is 2.93. The standard InChI is InChI=1S/C21H22ClN5O2/c22-18-4-1-5-19(13-18)29-16-27-8-6-20(24-27)21(28)26-11-9-25(10-12-26)15-17-3-2-7-23-14-17/h1-8,13-14H,9-12,15-16H2. The Balaban J connectivity index is 1.28. The van der Waals surface area contributed by atoms with Gasteiger partial charge < -0.3 is 9.64 Å². The van der Waals surface area contributed by atoms with Crippen LogP contribution in [0.2, 0.25) is 5.02 Å². The number of aromatic nitrogens is 3. The van der Waals surface area contributed by atoms with Crippen molar-refractivity contribution in [2.45, 2.75) is 13.3 Å². The normalized spacial score (nSPS) is 14.7. The summed E-state index contributed by atoms with van der Waals surface area (Å²) in [6.45, 7) is 4.10. The van der Waals surface area contributed by atoms with E-state index in [-0.39, 0.29) is 12.6 Å². The Morgan fingerprint density at radius 2 is 1.97 bits per heavy atom. The monoisotopic (exact) mass is 411 g/mol. The number of piperazine rings is 1. The third-order valence-electron chi connectivity index (χ3n) is 4.81. The van der Waals surface area contributed by atoms with Crippen LogP contribution in [0.25, 0.3) is 0 Å². The molecule has 1 aliphatic rings. The molecule has 0 aliphatic carbocycles. The van der Waals surface area contributed by atoms with Crippen LogP contribution in [0.1, 0.15) is 16.1 Å². The SMILES string of the molecule is O=C(c1ccn(COc2cccc(Cl)c2)n1)N1CCN(Cc2cccnc2)CC1. The Labute approximate surface area is 174 Å². The van der Waals surface area contributed by atoms with Crippen molar-refractivity contribution in [3.05, 3.63) is 77.3 Å². The predicted molar refractivity (Wildman–Crippen MR) is 110 cm³/mol. The van der Waals surface area contributed by atoms with Crippen molar-refractivity contribution in [2.75, 3.05) is 26.2 Å². The van der Waals surface area contributed by atoms with E-state index in [0.29, 0.717) is 29.6 Å². The number of ether oxygens (including phenoxy) is 1. The van der Waals surface area contributed by atoms with Crippen molar-refractivity contribution in [1.82, 2.24) is 24.6 Å². The number of rotatable bonds is 6. The number of carbonyl (C=O) groups is 1. The summed E-state index contributed by atoms with van der Waals surface area (Å²) in [6, 6.07) is 12.9. The van der Waals surface area contributed by atoms with Gasteiger partial charge in [0.15, 0.2) is 12.4 Å². The van der Waals surface area contributed by atoms with Gasteiger partial charge in [-0.15, -0.1) is 0 Å². The molecular weight excluding hydrogens is 390 g/mol. The van der Waals surface area contributed by atoms with E-state index in [4.69, 9.17) is 16.3 Å². The average molecular weight is 412 g/mol. The number of hydrogen-bond acceptors (Lipinski definition) is 5. The molecule has 1 aliphatic heterocycles. The smallest absolute Gasteiger partial charge is 0.274 e. The highest BCUT2D eigenvalue weighted by molar-refractivity contribution is 6.30. The van der Waals surface area contributed by atoms with Crippen LogP contribution in [0.15, 0.2) is 61.1 Å². The zero-order chi connectivity index (χ0) is 20.1. The van der Waals surface area contributed by atoms with Gasteiger partial charge in [0.25, 0.3) is 5.91 Å². The largest absolute Gasteiger partial charge is 0.471 e. The lowest BCUT2D eigenvalue weighted by Gasteiger charge is -2.34. The maximum absolute atomic E-state index is 12.8. The molecule has 0 N–H and O–H groups in total. The van der Waals surface area contributed by atoms with Gasteiger partial charge in [0.05, 0.1) is 0 Å². The van der Waals surface area contributed by atoms with Crippen molar-refractivity contribution < 1.29 is 9.53 Å². The van der Waals surface area contributed by atoms with Crippen molar-refractivity contribution in [3.63, 3.8) is 0 Å². The zero-order valence-corrected chi connectivity index (χ0v) is 16.7. The van der Waals surface area contributed by atoms with Gasteiger partial charge in [-0.3, -0.25) is 14.7 Å². The highest BCUT2D eigenvalue weighted by Crippen LogP contribution is 2.17. The summed E-state index contributed by atoms with van der Waals surface area (Å²) >= 11 is 5.95. The maximum atomic E-state index is 12.8. The van der Waals surface area contributed by atoms with Crippen LogP contribution < -0.4 is 4.74 Å². The van der Waals surface area contributed by atoms with Gasteiger partial charge in [0.2, 0.25) is 0 Å². The fourth-order valence-corrected chi connectivity index (χ4v) is 3.45. The number of carbonyl (C=O) groups excluding carboxylic acids is 1. The number of pyridine rings is 1. The number of nitrogens with zero attached hydrogens (tertiary/aromatic N) is 5. The molecule has 0 saturated carbocycles. The summed E-state index contributed by atoms with van der Waals surface area (Å²) in [5.41, 5.74) is 1.62. The topological polar surface area (TPSA) is 63.5 Å². The zero-order valence-electron chi connectivity index (χ0n) is 15.9. The molecular formula is C21H22ClN5O2. The van der Waals surface area contributed by atoms with Crippen LogP contribution in [-0.4, -0.2) is 56.7 Å². The van der Waals surface area contributed by atoms with Gasteiger partial charge in [-0.05, 0) is 35.9 Å². The van der Waals surface area contributed by atoms with E-state index in [1.807, 2.05) is 29.3 Å². The van der Waals surface area contributed by atoms with Crippen molar-refractivity contribution in [3.8, 4) is 5.75 Å². The first-order valence-electron chi connectivity index (χ1n) is 9.50. The molecule has 2 aromatic heterocycles. The Hall–Kier alpha value is -2.90. The van der Waals surface area contributed by atoms with E-state index >= 15 is 0 Å². The Bertz CT molecular complexity index is 954. The van der Waals surface area contributed by atoms with E-state index in [2.05, 4.69) is 21.0 Å². The molecule has 0 atom stereocenters. The molecule has 0 spiro atoms. The highest BCUT2D eigenvalue weighted by Gasteiger charge is 2.23. The van der Waals surface area contributed by atoms with Gasteiger partial charge in [-0.1, -0.05) is 23.7 Å². The third kappa shape index (κ3) is 5.13. The fourth-order valence-electron chi connectivity index (χ4n) is 3.27. The first-order chi connectivity index (χ1) is 14.2. The van der Waals surface area contributed by atoms with Crippen LogP contribution in [0.3, 0.4) is 0 Å². The fraction of sp³-hybridized carbons (Fsp3) is 0.286. The first kappa shape index (κ1) is 19.4. The molecule has 150 valence electrons. The summed E-state index contributed by atoms with van der Waals surface area (Å²) in [4.78, 5) is 21.1. The average Bonchev–Trinajstić information content (AvgIpc) is 3.22. The second-order valence-corrected chi connectivity index (χ2v) is 7.34. The van der Waals surface area contributed by atoms with Crippen molar-refractivity contribution >= 4 is 17.5 Å². The minimum absolute atomic E-state index is 0.0486. The Morgan fingerprint density at radius 3 is 2.72 bits per heavy atom. The molecule has 29 heavy (non-hydrogen) atoms. The lowest BCUT2D eigenvalue weighted by atomic mass is 10.2. The van der Waals surface area contributed by atoms with Gasteiger partial charge in [-0.25, -0.2) is 4.68 Å². The molecule has 7 nitrogen and oxygen atoms in total. The molecule has 1 fully saturated rings. The highest BCUT2D eigenvalue weighted by atomic mass is 35.5. The van der Waals surface area contributed by atoms with E-state index in [1.54, 1.807) is 35.3 Å². The van der Waals surface area contributed by atoms with Crippen molar-refractivity contribution in [2.24, 2.45) is 0 Å². The van der Waals surface area contributed by atoms with E-state index in [1.165, 1.54) is 5.56 Å². The molecule has 3 heterocycles. The lowest BCUT2D eigenvalue weighted by Crippen LogP contribution is -2.48. The summed E-state index contributed by atoms with van der Waals surface area (Å²) in [7, 11) is 0. The van der Waals surface area contributed by atoms with Crippen LogP contribution in [0.4, 0.5) is 0 Å². The van der Waals surface area contributed by atoms with E-state index in [9.17, 15) is 4.79 Å². The summed E-state index contributed by atoms with van der Waals surface area (Å²) < 4.78 is 7.27. The second-order valence-electron chi connectivity index (χ2n) is 6.90. The quantitative estimate of drug-likeness (QED) is 0.624. The van der Waals surface area contributed by atoms with Crippen LogP contribution in [0.5, 0.6) is 5.75 Å². The molecule has 1 aromatic carbocycles. The first-order valence-corrected chi connectivity index (χ1v) is 9.87. The summed E-state index contributed by atoms with van der Waals surface area (Å²) in [5.74, 6) is 0.609. The van der Waals surface area contributed by atoms with Crippen molar-refractivity contribution in [1.29, 1.82) is 0 Å². The molecule has 8 heteroatoms. The summed E-state index contributed by atoms with van der Waals surface area (Å²) in [5, 5.41) is 4.97. The number of amides is 1. The molecule has 0 bridgehead atoms. The third-order valence-corrected chi connectivity index (χ3v) is 5.04. The molecule has 1 amide bonds. The minimum atomic E-state index is -0.0486. The van der Waals surface area contributed by atoms with E-state index in [0.717, 1.165) is 19.6 Å². The van der Waals surface area contributed by atoms with E-state index < -0.39 is 0 Å². The molecule has 0 radical (unpaired) electrons. The molecule has 3 aromatic rings. The molecule has 1 saturated heterocycles. The van der Waals surface area contributed by atoms with Gasteiger partial charge >= 0.3 is 0 Å². The van der Waals surface area contributed by atoms with Gasteiger partial charge in [0.1, 0.15) is 5.75 Å².